The molecule has 6 nitrogen and oxygen atoms in total. The largest absolute Gasteiger partial charge is 0.477 e. The lowest BCUT2D eigenvalue weighted by molar-refractivity contribution is 0.0703. The first-order chi connectivity index (χ1) is 12.7. The molecule has 3 aromatic rings. The maximum atomic E-state index is 12.7. The van der Waals surface area contributed by atoms with Gasteiger partial charge in [0.15, 0.2) is 5.78 Å². The van der Waals surface area contributed by atoms with Gasteiger partial charge in [0.05, 0.1) is 15.5 Å². The lowest BCUT2D eigenvalue weighted by Crippen LogP contribution is -2.15. The molecule has 2 N–H and O–H groups in total. The Hall–Kier alpha value is -2.49. The third kappa shape index (κ3) is 3.95. The molecule has 27 heavy (non-hydrogen) atoms. The van der Waals surface area contributed by atoms with Crippen molar-refractivity contribution < 1.29 is 23.1 Å². The third-order valence-electron chi connectivity index (χ3n) is 3.75. The molecule has 0 amide bonds. The van der Waals surface area contributed by atoms with Crippen molar-refractivity contribution in [1.29, 1.82) is 0 Å². The highest BCUT2D eigenvalue weighted by molar-refractivity contribution is 7.92. The fourth-order valence-corrected chi connectivity index (χ4v) is 5.77. The summed E-state index contributed by atoms with van der Waals surface area (Å²) in [6.07, 6.45) is 0. The van der Waals surface area contributed by atoms with Gasteiger partial charge in [0, 0.05) is 9.75 Å². The zero-order chi connectivity index (χ0) is 19.8. The molecule has 140 valence electrons. The van der Waals surface area contributed by atoms with Crippen molar-refractivity contribution in [2.45, 2.75) is 18.7 Å². The van der Waals surface area contributed by atoms with E-state index in [1.54, 1.807) is 37.3 Å². The van der Waals surface area contributed by atoms with Crippen molar-refractivity contribution in [3.63, 3.8) is 0 Å². The predicted octanol–water partition coefficient (Wildman–Crippen LogP) is 4.49. The van der Waals surface area contributed by atoms with E-state index in [2.05, 4.69) is 4.72 Å². The number of ketones is 1. The van der Waals surface area contributed by atoms with E-state index in [1.807, 2.05) is 0 Å². The number of rotatable bonds is 6. The molecule has 3 rings (SSSR count). The molecule has 2 aromatic heterocycles. The van der Waals surface area contributed by atoms with Crippen molar-refractivity contribution in [3.8, 4) is 9.75 Å². The summed E-state index contributed by atoms with van der Waals surface area (Å²) < 4.78 is 27.8. The number of aryl methyl sites for hydroxylation is 1. The second kappa shape index (κ2) is 7.26. The smallest absolute Gasteiger partial charge is 0.348 e. The van der Waals surface area contributed by atoms with Crippen LogP contribution in [0.4, 0.5) is 5.69 Å². The molecule has 0 bridgehead atoms. The van der Waals surface area contributed by atoms with Gasteiger partial charge in [-0.25, -0.2) is 13.2 Å². The molecular formula is C18H15NO5S3. The molecule has 0 aliphatic rings. The molecule has 0 spiro atoms. The summed E-state index contributed by atoms with van der Waals surface area (Å²) in [5.41, 5.74) is 0.560. The van der Waals surface area contributed by atoms with Gasteiger partial charge in [-0.15, -0.1) is 22.7 Å². The van der Waals surface area contributed by atoms with Crippen LogP contribution in [-0.2, 0) is 10.0 Å². The maximum absolute atomic E-state index is 12.7. The van der Waals surface area contributed by atoms with E-state index in [0.717, 1.165) is 11.3 Å². The number of nitrogens with one attached hydrogen (secondary N) is 1. The van der Waals surface area contributed by atoms with Gasteiger partial charge in [-0.05, 0) is 43.7 Å². The summed E-state index contributed by atoms with van der Waals surface area (Å²) >= 11 is 2.19. The summed E-state index contributed by atoms with van der Waals surface area (Å²) in [4.78, 5) is 24.9. The number of carbonyl (C=O) groups excluding carboxylic acids is 1. The number of Topliss-reactive ketones (excluding diaryl/α,β-unsaturated/α-hetero) is 1. The molecular weight excluding hydrogens is 406 g/mol. The van der Waals surface area contributed by atoms with E-state index in [0.29, 0.717) is 20.2 Å². The van der Waals surface area contributed by atoms with Crippen molar-refractivity contribution >= 4 is 50.1 Å². The first-order valence-corrected chi connectivity index (χ1v) is 10.9. The molecule has 9 heteroatoms. The maximum Gasteiger partial charge on any atom is 0.348 e. The second-order valence-electron chi connectivity index (χ2n) is 5.75. The van der Waals surface area contributed by atoms with E-state index >= 15 is 0 Å². The fourth-order valence-electron chi connectivity index (χ4n) is 2.46. The average Bonchev–Trinajstić information content (AvgIpc) is 3.21. The van der Waals surface area contributed by atoms with Crippen LogP contribution in [0.5, 0.6) is 0 Å². The van der Waals surface area contributed by atoms with Crippen LogP contribution in [0.25, 0.3) is 9.75 Å². The van der Waals surface area contributed by atoms with Crippen LogP contribution in [0.3, 0.4) is 0 Å². The lowest BCUT2D eigenvalue weighted by atomic mass is 10.2. The summed E-state index contributed by atoms with van der Waals surface area (Å²) in [6.45, 7) is 3.12. The minimum absolute atomic E-state index is 0.00327. The summed E-state index contributed by atoms with van der Waals surface area (Å²) in [6, 6.07) is 11.3. The molecule has 1 aromatic carbocycles. The summed E-state index contributed by atoms with van der Waals surface area (Å²) in [5, 5.41) is 9.47. The second-order valence-corrected chi connectivity index (χ2v) is 9.54. The zero-order valence-electron chi connectivity index (χ0n) is 14.3. The molecule has 0 aliphatic heterocycles. The number of hydrogen-bond donors (Lipinski definition) is 2. The van der Waals surface area contributed by atoms with E-state index in [9.17, 15) is 23.1 Å². The highest BCUT2D eigenvalue weighted by atomic mass is 32.2. The van der Waals surface area contributed by atoms with Gasteiger partial charge in [-0.3, -0.25) is 9.52 Å². The number of carbonyl (C=O) groups is 2. The topological polar surface area (TPSA) is 101 Å². The number of hydrogen-bond acceptors (Lipinski definition) is 6. The first kappa shape index (κ1) is 19.3. The van der Waals surface area contributed by atoms with Gasteiger partial charge in [-0.1, -0.05) is 18.2 Å². The SMILES string of the molecule is CC(=O)c1ccc(-c2cc(NS(=O)(=O)c3ccccc3C)c(C(=O)O)s2)s1. The van der Waals surface area contributed by atoms with Crippen molar-refractivity contribution in [3.05, 3.63) is 57.8 Å². The Morgan fingerprint density at radius 3 is 2.33 bits per heavy atom. The number of anilines is 1. The van der Waals surface area contributed by atoms with Gasteiger partial charge < -0.3 is 5.11 Å². The van der Waals surface area contributed by atoms with Crippen LogP contribution in [0.1, 0.15) is 31.8 Å². The van der Waals surface area contributed by atoms with Crippen LogP contribution >= 0.6 is 22.7 Å². The van der Waals surface area contributed by atoms with E-state index in [4.69, 9.17) is 0 Å². The van der Waals surface area contributed by atoms with Crippen molar-refractivity contribution in [2.24, 2.45) is 0 Å². The Kier molecular flexibility index (Phi) is 5.18. The fraction of sp³-hybridized carbons (Fsp3) is 0.111. The molecule has 0 saturated heterocycles. The van der Waals surface area contributed by atoms with Crippen LogP contribution in [0, 0.1) is 6.92 Å². The van der Waals surface area contributed by atoms with E-state index < -0.39 is 16.0 Å². The molecule has 2 heterocycles. The van der Waals surface area contributed by atoms with Gasteiger partial charge >= 0.3 is 5.97 Å². The normalized spacial score (nSPS) is 11.3. The van der Waals surface area contributed by atoms with Crippen LogP contribution in [-0.4, -0.2) is 25.3 Å². The van der Waals surface area contributed by atoms with Crippen LogP contribution in [0.2, 0.25) is 0 Å². The Labute approximate surface area is 164 Å². The quantitative estimate of drug-likeness (QED) is 0.571. The Morgan fingerprint density at radius 1 is 1.04 bits per heavy atom. The van der Waals surface area contributed by atoms with Crippen LogP contribution < -0.4 is 4.72 Å². The van der Waals surface area contributed by atoms with E-state index in [1.165, 1.54) is 30.4 Å². The highest BCUT2D eigenvalue weighted by Gasteiger charge is 2.23. The summed E-state index contributed by atoms with van der Waals surface area (Å²) in [5.74, 6) is -1.31. The summed E-state index contributed by atoms with van der Waals surface area (Å²) in [7, 11) is -3.93. The minimum atomic E-state index is -3.93. The number of aromatic carboxylic acids is 1. The first-order valence-electron chi connectivity index (χ1n) is 7.76. The monoisotopic (exact) mass is 421 g/mol. The molecule has 0 radical (unpaired) electrons. The molecule has 0 unspecified atom stereocenters. The van der Waals surface area contributed by atoms with Gasteiger partial charge in [0.2, 0.25) is 0 Å². The van der Waals surface area contributed by atoms with Crippen molar-refractivity contribution in [1.82, 2.24) is 0 Å². The van der Waals surface area contributed by atoms with Gasteiger partial charge in [0.25, 0.3) is 10.0 Å². The number of thiophene rings is 2. The Morgan fingerprint density at radius 2 is 1.74 bits per heavy atom. The Balaban J connectivity index is 2.02. The predicted molar refractivity (Wildman–Crippen MR) is 107 cm³/mol. The zero-order valence-corrected chi connectivity index (χ0v) is 16.8. The van der Waals surface area contributed by atoms with E-state index in [-0.39, 0.29) is 21.2 Å². The number of carboxylic acid groups (broad SMARTS) is 1. The van der Waals surface area contributed by atoms with Crippen molar-refractivity contribution in [2.75, 3.05) is 4.72 Å². The number of sulfonamides is 1. The number of carboxylic acids is 1. The highest BCUT2D eigenvalue weighted by Crippen LogP contribution is 2.39. The molecule has 0 fully saturated rings. The van der Waals surface area contributed by atoms with Gasteiger partial charge in [0.1, 0.15) is 4.88 Å². The molecule has 0 saturated carbocycles. The Bertz CT molecular complexity index is 1140. The minimum Gasteiger partial charge on any atom is -0.477 e. The van der Waals surface area contributed by atoms with Crippen LogP contribution in [0.15, 0.2) is 47.4 Å². The third-order valence-corrected chi connectivity index (χ3v) is 7.78. The lowest BCUT2D eigenvalue weighted by Gasteiger charge is -2.09. The molecule has 0 atom stereocenters. The number of benzene rings is 1. The standard InChI is InChI=1S/C18H15NO5S3/c1-10-5-3-4-6-16(10)27(23,24)19-12-9-15(26-17(12)18(21)22)14-8-7-13(25-14)11(2)20/h3-9,19H,1-2H3,(H,21,22). The van der Waals surface area contributed by atoms with Gasteiger partial charge in [-0.2, -0.15) is 0 Å². The average molecular weight is 422 g/mol. The molecule has 0 aliphatic carbocycles.